The average Bonchev–Trinajstić information content (AvgIpc) is 2.86. The molecule has 0 bridgehead atoms. The lowest BCUT2D eigenvalue weighted by Gasteiger charge is -2.09. The summed E-state index contributed by atoms with van der Waals surface area (Å²) in [5.41, 5.74) is 0.793. The molecule has 0 radical (unpaired) electrons. The zero-order chi connectivity index (χ0) is 13.8. The molecule has 1 heterocycles. The van der Waals surface area contributed by atoms with E-state index < -0.39 is 0 Å². The normalized spacial score (nSPS) is 12.2. The number of benzene rings is 1. The Labute approximate surface area is 119 Å². The van der Waals surface area contributed by atoms with Gasteiger partial charge in [-0.3, -0.25) is 4.79 Å². The van der Waals surface area contributed by atoms with Crippen LogP contribution in [0.25, 0.3) is 5.69 Å². The van der Waals surface area contributed by atoms with Crippen molar-refractivity contribution in [1.29, 1.82) is 0 Å². The molecule has 1 aromatic carbocycles. The summed E-state index contributed by atoms with van der Waals surface area (Å²) in [5, 5.41) is 15.0. The lowest BCUT2D eigenvalue weighted by atomic mass is 10.3. The summed E-state index contributed by atoms with van der Waals surface area (Å²) < 4.78 is 1.57. The van der Waals surface area contributed by atoms with Gasteiger partial charge in [-0.1, -0.05) is 23.4 Å². The van der Waals surface area contributed by atoms with Crippen molar-refractivity contribution < 1.29 is 4.79 Å². The van der Waals surface area contributed by atoms with Crippen LogP contribution >= 0.6 is 23.4 Å². The average molecular weight is 298 g/mol. The molecule has 0 saturated carbocycles. The molecule has 1 aromatic heterocycles. The molecule has 0 spiro atoms. The van der Waals surface area contributed by atoms with E-state index in [2.05, 4.69) is 20.8 Å². The van der Waals surface area contributed by atoms with E-state index in [1.54, 1.807) is 30.8 Å². The van der Waals surface area contributed by atoms with Crippen LogP contribution in [0.2, 0.25) is 5.02 Å². The van der Waals surface area contributed by atoms with Crippen LogP contribution in [-0.4, -0.2) is 38.4 Å². The fourth-order valence-electron chi connectivity index (χ4n) is 1.41. The Bertz CT molecular complexity index is 571. The van der Waals surface area contributed by atoms with Gasteiger partial charge in [0, 0.05) is 12.1 Å². The van der Waals surface area contributed by atoms with Crippen molar-refractivity contribution in [3.8, 4) is 5.69 Å². The number of nitrogens with zero attached hydrogens (tertiary/aromatic N) is 4. The number of carbonyl (C=O) groups excluding carboxylic acids is 1. The summed E-state index contributed by atoms with van der Waals surface area (Å²) in [4.78, 5) is 11.5. The number of hydrogen-bond donors (Lipinski definition) is 1. The maximum Gasteiger partial charge on any atom is 0.233 e. The van der Waals surface area contributed by atoms with Gasteiger partial charge in [0.2, 0.25) is 11.1 Å². The van der Waals surface area contributed by atoms with Crippen molar-refractivity contribution in [1.82, 2.24) is 25.5 Å². The van der Waals surface area contributed by atoms with Crippen molar-refractivity contribution in [3.63, 3.8) is 0 Å². The van der Waals surface area contributed by atoms with Crippen LogP contribution in [0.1, 0.15) is 6.92 Å². The van der Waals surface area contributed by atoms with Crippen LogP contribution in [0.4, 0.5) is 0 Å². The Kier molecular flexibility index (Phi) is 4.39. The Hall–Kier alpha value is -1.60. The molecule has 8 heteroatoms. The van der Waals surface area contributed by atoms with Gasteiger partial charge in [-0.15, -0.1) is 5.10 Å². The molecule has 19 heavy (non-hydrogen) atoms. The third-order valence-electron chi connectivity index (χ3n) is 2.41. The fraction of sp³-hybridized carbons (Fsp3) is 0.273. The second kappa shape index (κ2) is 6.03. The Morgan fingerprint density at radius 1 is 1.42 bits per heavy atom. The molecule has 2 aromatic rings. The number of hydrogen-bond acceptors (Lipinski definition) is 5. The highest BCUT2D eigenvalue weighted by molar-refractivity contribution is 8.00. The molecular weight excluding hydrogens is 286 g/mol. The van der Waals surface area contributed by atoms with Crippen molar-refractivity contribution in [3.05, 3.63) is 29.3 Å². The minimum atomic E-state index is -0.276. The van der Waals surface area contributed by atoms with Crippen LogP contribution in [0.5, 0.6) is 0 Å². The van der Waals surface area contributed by atoms with Gasteiger partial charge in [0.25, 0.3) is 0 Å². The largest absolute Gasteiger partial charge is 0.358 e. The lowest BCUT2D eigenvalue weighted by molar-refractivity contribution is -0.119. The summed E-state index contributed by atoms with van der Waals surface area (Å²) in [6.07, 6.45) is 0. The highest BCUT2D eigenvalue weighted by Gasteiger charge is 2.17. The minimum absolute atomic E-state index is 0.0735. The molecule has 0 unspecified atom stereocenters. The first-order valence-electron chi connectivity index (χ1n) is 5.54. The molecule has 0 aliphatic heterocycles. The molecule has 6 nitrogen and oxygen atoms in total. The molecular formula is C11H12ClN5OS. The maximum atomic E-state index is 11.5. The Morgan fingerprint density at radius 2 is 2.11 bits per heavy atom. The zero-order valence-corrected chi connectivity index (χ0v) is 11.9. The van der Waals surface area contributed by atoms with Gasteiger partial charge in [-0.05, 0) is 41.6 Å². The second-order valence-electron chi connectivity index (χ2n) is 3.72. The Balaban J connectivity index is 2.22. The minimum Gasteiger partial charge on any atom is -0.358 e. The van der Waals surface area contributed by atoms with Crippen LogP contribution in [0.15, 0.2) is 29.4 Å². The van der Waals surface area contributed by atoms with E-state index >= 15 is 0 Å². The summed E-state index contributed by atoms with van der Waals surface area (Å²) in [5.74, 6) is -0.0735. The van der Waals surface area contributed by atoms with Gasteiger partial charge in [0.15, 0.2) is 0 Å². The van der Waals surface area contributed by atoms with Crippen molar-refractivity contribution >= 4 is 29.3 Å². The smallest absolute Gasteiger partial charge is 0.233 e. The Morgan fingerprint density at radius 3 is 2.74 bits per heavy atom. The first-order valence-corrected chi connectivity index (χ1v) is 6.80. The molecule has 1 N–H and O–H groups in total. The summed E-state index contributed by atoms with van der Waals surface area (Å²) in [7, 11) is 1.60. The van der Waals surface area contributed by atoms with E-state index in [-0.39, 0.29) is 11.2 Å². The molecule has 1 amide bonds. The van der Waals surface area contributed by atoms with E-state index in [0.717, 1.165) is 5.69 Å². The molecule has 2 rings (SSSR count). The molecule has 0 aliphatic rings. The zero-order valence-electron chi connectivity index (χ0n) is 10.4. The van der Waals surface area contributed by atoms with Crippen molar-refractivity contribution in [2.24, 2.45) is 0 Å². The highest BCUT2D eigenvalue weighted by Crippen LogP contribution is 2.23. The number of amides is 1. The van der Waals surface area contributed by atoms with Gasteiger partial charge in [-0.25, -0.2) is 0 Å². The first-order chi connectivity index (χ1) is 9.11. The van der Waals surface area contributed by atoms with Crippen LogP contribution < -0.4 is 5.32 Å². The first kappa shape index (κ1) is 13.8. The fourth-order valence-corrected chi connectivity index (χ4v) is 2.40. The monoisotopic (exact) mass is 297 g/mol. The third kappa shape index (κ3) is 3.24. The van der Waals surface area contributed by atoms with Crippen molar-refractivity contribution in [2.45, 2.75) is 17.3 Å². The number of thioether (sulfide) groups is 1. The van der Waals surface area contributed by atoms with Crippen LogP contribution in [-0.2, 0) is 4.79 Å². The summed E-state index contributed by atoms with van der Waals surface area (Å²) in [6.45, 7) is 1.80. The number of aromatic nitrogens is 4. The quantitative estimate of drug-likeness (QED) is 0.867. The van der Waals surface area contributed by atoms with E-state index in [0.29, 0.717) is 10.2 Å². The van der Waals surface area contributed by atoms with Gasteiger partial charge in [-0.2, -0.15) is 4.68 Å². The van der Waals surface area contributed by atoms with Gasteiger partial charge in [0.05, 0.1) is 10.9 Å². The van der Waals surface area contributed by atoms with Crippen molar-refractivity contribution in [2.75, 3.05) is 7.05 Å². The van der Waals surface area contributed by atoms with E-state index in [9.17, 15) is 4.79 Å². The SMILES string of the molecule is CNC(=O)[C@H](C)Sc1nnnn1-c1ccc(Cl)cc1. The van der Waals surface area contributed by atoms with Gasteiger partial charge in [0.1, 0.15) is 0 Å². The second-order valence-corrected chi connectivity index (χ2v) is 5.47. The summed E-state index contributed by atoms with van der Waals surface area (Å²) in [6, 6.07) is 7.14. The number of carbonyl (C=O) groups is 1. The predicted octanol–water partition coefficient (Wildman–Crippen LogP) is 1.54. The van der Waals surface area contributed by atoms with E-state index in [1.165, 1.54) is 11.8 Å². The predicted molar refractivity (Wildman–Crippen MR) is 73.5 cm³/mol. The summed E-state index contributed by atoms with van der Waals surface area (Å²) >= 11 is 7.13. The molecule has 0 aliphatic carbocycles. The van der Waals surface area contributed by atoms with Crippen LogP contribution in [0.3, 0.4) is 0 Å². The standard InChI is InChI=1S/C11H12ClN5OS/c1-7(10(18)13-2)19-11-14-15-16-17(11)9-5-3-8(12)4-6-9/h3-7H,1-2H3,(H,13,18)/t7-/m0/s1. The highest BCUT2D eigenvalue weighted by atomic mass is 35.5. The lowest BCUT2D eigenvalue weighted by Crippen LogP contribution is -2.27. The molecule has 100 valence electrons. The molecule has 0 fully saturated rings. The third-order valence-corrected chi connectivity index (χ3v) is 3.69. The van der Waals surface area contributed by atoms with Gasteiger partial charge < -0.3 is 5.32 Å². The number of nitrogens with one attached hydrogen (secondary N) is 1. The topological polar surface area (TPSA) is 72.7 Å². The number of tetrazole rings is 1. The van der Waals surface area contributed by atoms with Gasteiger partial charge >= 0.3 is 0 Å². The maximum absolute atomic E-state index is 11.5. The number of rotatable bonds is 4. The number of halogens is 1. The van der Waals surface area contributed by atoms with E-state index in [1.807, 2.05) is 12.1 Å². The van der Waals surface area contributed by atoms with Crippen LogP contribution in [0, 0.1) is 0 Å². The molecule has 1 atom stereocenters. The molecule has 0 saturated heterocycles. The van der Waals surface area contributed by atoms with E-state index in [4.69, 9.17) is 11.6 Å².